The Bertz CT molecular complexity index is 1310. The molecule has 1 unspecified atom stereocenters. The van der Waals surface area contributed by atoms with Gasteiger partial charge >= 0.3 is 0 Å². The van der Waals surface area contributed by atoms with Crippen molar-refractivity contribution >= 4 is 39.7 Å². The molecule has 3 aromatic rings. The summed E-state index contributed by atoms with van der Waals surface area (Å²) in [5.74, 6) is -2.66. The van der Waals surface area contributed by atoms with Gasteiger partial charge in [0.1, 0.15) is 5.92 Å². The standard InChI is InChI=1S/C22H19N7O4S/c23-14-17(21(31)28-26-15-16-5-2-1-3-6-16)13-20(30)27-18-7-9-19(10-8-18)34(32,33)29-22-24-11-4-12-25-22/h1-12,15,17H,13H2,(H,27,30)(H,28,31)(H,24,25,29)/b26-15+. The molecular weight excluding hydrogens is 458 g/mol. The Hall–Kier alpha value is -4.63. The Balaban J connectivity index is 1.54. The number of rotatable bonds is 9. The number of nitriles is 1. The summed E-state index contributed by atoms with van der Waals surface area (Å²) >= 11 is 0. The van der Waals surface area contributed by atoms with Crippen LogP contribution in [0.25, 0.3) is 0 Å². The number of sulfonamides is 1. The highest BCUT2D eigenvalue weighted by Gasteiger charge is 2.22. The van der Waals surface area contributed by atoms with Gasteiger partial charge in [0, 0.05) is 18.1 Å². The van der Waals surface area contributed by atoms with Gasteiger partial charge < -0.3 is 5.32 Å². The molecule has 34 heavy (non-hydrogen) atoms. The molecule has 3 rings (SSSR count). The van der Waals surface area contributed by atoms with Gasteiger partial charge in [0.15, 0.2) is 0 Å². The minimum absolute atomic E-state index is 0.0662. The fourth-order valence-corrected chi connectivity index (χ4v) is 3.59. The number of aromatic nitrogens is 2. The fraction of sp³-hybridized carbons (Fsp3) is 0.0909. The Morgan fingerprint density at radius 2 is 1.71 bits per heavy atom. The van der Waals surface area contributed by atoms with E-state index < -0.39 is 34.2 Å². The van der Waals surface area contributed by atoms with Gasteiger partial charge in [-0.05, 0) is 35.9 Å². The van der Waals surface area contributed by atoms with Gasteiger partial charge in [-0.2, -0.15) is 10.4 Å². The average Bonchev–Trinajstić information content (AvgIpc) is 2.84. The SMILES string of the molecule is N#CC(CC(=O)Nc1ccc(S(=O)(=O)Nc2ncccn2)cc1)C(=O)N/N=C/c1ccccc1. The van der Waals surface area contributed by atoms with Crippen LogP contribution in [0.15, 0.2) is 83.1 Å². The van der Waals surface area contributed by atoms with Crippen LogP contribution in [-0.4, -0.2) is 36.4 Å². The van der Waals surface area contributed by atoms with Crippen molar-refractivity contribution in [2.75, 3.05) is 10.0 Å². The highest BCUT2D eigenvalue weighted by atomic mass is 32.2. The quantitative estimate of drug-likeness (QED) is 0.312. The molecule has 1 atom stereocenters. The third kappa shape index (κ3) is 6.94. The third-order valence-corrected chi connectivity index (χ3v) is 5.63. The van der Waals surface area contributed by atoms with Crippen molar-refractivity contribution in [1.29, 1.82) is 5.26 Å². The lowest BCUT2D eigenvalue weighted by molar-refractivity contribution is -0.126. The zero-order valence-electron chi connectivity index (χ0n) is 17.6. The minimum atomic E-state index is -3.92. The smallest absolute Gasteiger partial charge is 0.264 e. The normalized spacial score (nSPS) is 11.9. The van der Waals surface area contributed by atoms with Crippen molar-refractivity contribution in [3.05, 3.63) is 78.6 Å². The van der Waals surface area contributed by atoms with Gasteiger partial charge in [-0.1, -0.05) is 30.3 Å². The summed E-state index contributed by atoms with van der Waals surface area (Å²) < 4.78 is 27.0. The third-order valence-electron chi connectivity index (χ3n) is 4.29. The van der Waals surface area contributed by atoms with Crippen molar-refractivity contribution < 1.29 is 18.0 Å². The molecule has 0 aliphatic heterocycles. The first-order valence-electron chi connectivity index (χ1n) is 9.85. The summed E-state index contributed by atoms with van der Waals surface area (Å²) in [4.78, 5) is 32.0. The number of hydrogen-bond acceptors (Lipinski definition) is 8. The first-order valence-corrected chi connectivity index (χ1v) is 11.3. The molecule has 0 aliphatic carbocycles. The van der Waals surface area contributed by atoms with E-state index in [4.69, 9.17) is 0 Å². The van der Waals surface area contributed by atoms with E-state index in [0.717, 1.165) is 5.56 Å². The molecule has 1 heterocycles. The molecule has 0 radical (unpaired) electrons. The van der Waals surface area contributed by atoms with Crippen LogP contribution in [0.4, 0.5) is 11.6 Å². The van der Waals surface area contributed by atoms with Crippen molar-refractivity contribution in [2.45, 2.75) is 11.3 Å². The molecule has 0 saturated carbocycles. The van der Waals surface area contributed by atoms with Crippen LogP contribution in [-0.2, 0) is 19.6 Å². The predicted molar refractivity (Wildman–Crippen MR) is 124 cm³/mol. The molecule has 0 spiro atoms. The summed E-state index contributed by atoms with van der Waals surface area (Å²) in [7, 11) is -3.92. The Morgan fingerprint density at radius 3 is 2.35 bits per heavy atom. The second kappa shape index (κ2) is 11.3. The molecule has 1 aromatic heterocycles. The maximum atomic E-state index is 12.4. The van der Waals surface area contributed by atoms with E-state index in [1.54, 1.807) is 24.3 Å². The highest BCUT2D eigenvalue weighted by Crippen LogP contribution is 2.17. The van der Waals surface area contributed by atoms with E-state index in [-0.39, 0.29) is 10.8 Å². The largest absolute Gasteiger partial charge is 0.326 e. The summed E-state index contributed by atoms with van der Waals surface area (Å²) in [6.07, 6.45) is 3.80. The second-order valence-corrected chi connectivity index (χ2v) is 8.46. The van der Waals surface area contributed by atoms with Gasteiger partial charge in [0.05, 0.1) is 23.6 Å². The Labute approximate surface area is 195 Å². The summed E-state index contributed by atoms with van der Waals surface area (Å²) in [6.45, 7) is 0. The molecular formula is C22H19N7O4S. The van der Waals surface area contributed by atoms with Crippen molar-refractivity contribution in [3.8, 4) is 6.07 Å². The maximum absolute atomic E-state index is 12.4. The zero-order chi connectivity index (χ0) is 24.4. The lowest BCUT2D eigenvalue weighted by Gasteiger charge is -2.10. The van der Waals surface area contributed by atoms with Gasteiger partial charge in [0.25, 0.3) is 15.9 Å². The number of nitrogens with zero attached hydrogens (tertiary/aromatic N) is 4. The average molecular weight is 478 g/mol. The second-order valence-electron chi connectivity index (χ2n) is 6.78. The number of benzene rings is 2. The Kier molecular flexibility index (Phi) is 7.98. The first-order chi connectivity index (χ1) is 16.4. The van der Waals surface area contributed by atoms with Gasteiger partial charge in [-0.25, -0.2) is 28.5 Å². The summed E-state index contributed by atoms with van der Waals surface area (Å²) in [5.41, 5.74) is 3.29. The van der Waals surface area contributed by atoms with E-state index in [1.807, 2.05) is 18.2 Å². The van der Waals surface area contributed by atoms with Crippen LogP contribution in [0.5, 0.6) is 0 Å². The van der Waals surface area contributed by atoms with E-state index in [1.165, 1.54) is 42.9 Å². The fourth-order valence-electron chi connectivity index (χ4n) is 2.63. The number of carbonyl (C=O) groups is 2. The first kappa shape index (κ1) is 24.0. The van der Waals surface area contributed by atoms with Crippen LogP contribution in [0.2, 0.25) is 0 Å². The maximum Gasteiger partial charge on any atom is 0.264 e. The molecule has 2 amide bonds. The summed E-state index contributed by atoms with van der Waals surface area (Å²) in [6, 6.07) is 17.7. The van der Waals surface area contributed by atoms with Crippen LogP contribution < -0.4 is 15.5 Å². The number of nitrogens with one attached hydrogen (secondary N) is 3. The molecule has 0 aliphatic rings. The van der Waals surface area contributed by atoms with E-state index in [9.17, 15) is 23.3 Å². The van der Waals surface area contributed by atoms with E-state index in [2.05, 4.69) is 30.5 Å². The molecule has 11 nitrogen and oxygen atoms in total. The van der Waals surface area contributed by atoms with E-state index >= 15 is 0 Å². The summed E-state index contributed by atoms with van der Waals surface area (Å²) in [5, 5.41) is 15.6. The molecule has 0 fully saturated rings. The van der Waals surface area contributed by atoms with Crippen molar-refractivity contribution in [3.63, 3.8) is 0 Å². The van der Waals surface area contributed by atoms with Crippen LogP contribution in [0.3, 0.4) is 0 Å². The highest BCUT2D eigenvalue weighted by molar-refractivity contribution is 7.92. The molecule has 2 aromatic carbocycles. The molecule has 0 bridgehead atoms. The number of carbonyl (C=O) groups excluding carboxylic acids is 2. The molecule has 172 valence electrons. The topological polar surface area (TPSA) is 166 Å². The van der Waals surface area contributed by atoms with Crippen molar-refractivity contribution in [2.24, 2.45) is 11.0 Å². The number of hydrogen-bond donors (Lipinski definition) is 3. The lowest BCUT2D eigenvalue weighted by Crippen LogP contribution is -2.29. The zero-order valence-corrected chi connectivity index (χ0v) is 18.4. The van der Waals surface area contributed by atoms with Crippen molar-refractivity contribution in [1.82, 2.24) is 15.4 Å². The van der Waals surface area contributed by atoms with E-state index in [0.29, 0.717) is 5.69 Å². The minimum Gasteiger partial charge on any atom is -0.326 e. The number of amides is 2. The Morgan fingerprint density at radius 1 is 1.03 bits per heavy atom. The number of anilines is 2. The van der Waals surface area contributed by atoms with Gasteiger partial charge in [0.2, 0.25) is 11.9 Å². The van der Waals surface area contributed by atoms with Gasteiger partial charge in [-0.3, -0.25) is 9.59 Å². The number of hydrazone groups is 1. The lowest BCUT2D eigenvalue weighted by atomic mass is 10.1. The van der Waals surface area contributed by atoms with Crippen LogP contribution in [0.1, 0.15) is 12.0 Å². The molecule has 0 saturated heterocycles. The van der Waals surface area contributed by atoms with Crippen LogP contribution in [0, 0.1) is 17.2 Å². The molecule has 3 N–H and O–H groups in total. The molecule has 12 heteroatoms. The predicted octanol–water partition coefficient (Wildman–Crippen LogP) is 1.90. The van der Waals surface area contributed by atoms with Crippen LogP contribution >= 0.6 is 0 Å². The van der Waals surface area contributed by atoms with Gasteiger partial charge in [-0.15, -0.1) is 0 Å². The monoisotopic (exact) mass is 477 g/mol.